The van der Waals surface area contributed by atoms with Gasteiger partial charge in [0.25, 0.3) is 5.91 Å². The van der Waals surface area contributed by atoms with Gasteiger partial charge >= 0.3 is 0 Å². The van der Waals surface area contributed by atoms with Crippen LogP contribution in [0, 0.1) is 0 Å². The predicted molar refractivity (Wildman–Crippen MR) is 112 cm³/mol. The van der Waals surface area contributed by atoms with Gasteiger partial charge in [0.2, 0.25) is 0 Å². The van der Waals surface area contributed by atoms with Gasteiger partial charge in [-0.3, -0.25) is 4.79 Å². The summed E-state index contributed by atoms with van der Waals surface area (Å²) in [6.45, 7) is 1.58. The van der Waals surface area contributed by atoms with Gasteiger partial charge < -0.3 is 14.4 Å². The Morgan fingerprint density at radius 3 is 2.38 bits per heavy atom. The van der Waals surface area contributed by atoms with Gasteiger partial charge in [-0.15, -0.1) is 0 Å². The molecule has 1 fully saturated rings. The highest BCUT2D eigenvalue weighted by molar-refractivity contribution is 5.94. The first-order chi connectivity index (χ1) is 14.2. The predicted octanol–water partition coefficient (Wildman–Crippen LogP) is 4.18. The summed E-state index contributed by atoms with van der Waals surface area (Å²) >= 11 is 0. The molecule has 0 aliphatic carbocycles. The van der Waals surface area contributed by atoms with Crippen LogP contribution in [0.3, 0.4) is 0 Å². The van der Waals surface area contributed by atoms with Gasteiger partial charge in [-0.25, -0.2) is 4.68 Å². The lowest BCUT2D eigenvalue weighted by atomic mass is 10.1. The van der Waals surface area contributed by atoms with Crippen LogP contribution in [-0.2, 0) is 0 Å². The molecule has 1 aliphatic heterocycles. The maximum atomic E-state index is 13.3. The highest BCUT2D eigenvalue weighted by atomic mass is 16.5. The Balaban J connectivity index is 1.81. The van der Waals surface area contributed by atoms with Gasteiger partial charge in [0.05, 0.1) is 25.6 Å². The summed E-state index contributed by atoms with van der Waals surface area (Å²) in [5.41, 5.74) is 2.92. The fraction of sp³-hybridized carbons (Fsp3) is 0.304. The Labute approximate surface area is 170 Å². The van der Waals surface area contributed by atoms with Gasteiger partial charge in [0.15, 0.2) is 0 Å². The largest absolute Gasteiger partial charge is 0.497 e. The number of methoxy groups -OCH3 is 2. The molecule has 6 nitrogen and oxygen atoms in total. The molecule has 2 aromatic carbocycles. The number of likely N-dealkylation sites (tertiary alicyclic amines) is 1. The van der Waals surface area contributed by atoms with E-state index in [2.05, 4.69) is 0 Å². The smallest absolute Gasteiger partial charge is 0.272 e. The molecule has 2 heterocycles. The molecule has 0 spiro atoms. The SMILES string of the molecule is COc1ccc(-c2cc(C(=O)N3CCCCC3)n(-c3ccccc3)n2)c(OC)c1. The number of nitrogens with zero attached hydrogens (tertiary/aromatic N) is 3. The number of hydrogen-bond acceptors (Lipinski definition) is 4. The summed E-state index contributed by atoms with van der Waals surface area (Å²) in [6.07, 6.45) is 3.27. The molecule has 0 bridgehead atoms. The van der Waals surface area contributed by atoms with E-state index in [1.54, 1.807) is 18.9 Å². The number of carbonyl (C=O) groups excluding carboxylic acids is 1. The molecular formula is C23H25N3O3. The number of benzene rings is 2. The van der Waals surface area contributed by atoms with E-state index in [-0.39, 0.29) is 5.91 Å². The maximum absolute atomic E-state index is 13.3. The summed E-state index contributed by atoms with van der Waals surface area (Å²) in [5.74, 6) is 1.37. The molecule has 0 unspecified atom stereocenters. The quantitative estimate of drug-likeness (QED) is 0.655. The van der Waals surface area contributed by atoms with Crippen molar-refractivity contribution in [2.24, 2.45) is 0 Å². The van der Waals surface area contributed by atoms with Crippen molar-refractivity contribution in [1.29, 1.82) is 0 Å². The van der Waals surface area contributed by atoms with E-state index in [4.69, 9.17) is 14.6 Å². The molecule has 150 valence electrons. The summed E-state index contributed by atoms with van der Waals surface area (Å²) in [4.78, 5) is 15.2. The van der Waals surface area contributed by atoms with Crippen LogP contribution in [-0.4, -0.2) is 47.9 Å². The van der Waals surface area contributed by atoms with Gasteiger partial charge in [-0.2, -0.15) is 5.10 Å². The van der Waals surface area contributed by atoms with Crippen LogP contribution in [0.15, 0.2) is 54.6 Å². The third-order valence-electron chi connectivity index (χ3n) is 5.26. The van der Waals surface area contributed by atoms with E-state index < -0.39 is 0 Å². The van der Waals surface area contributed by atoms with Crippen molar-refractivity contribution in [1.82, 2.24) is 14.7 Å². The minimum absolute atomic E-state index is 0.0137. The van der Waals surface area contributed by atoms with Crippen LogP contribution >= 0.6 is 0 Å². The molecule has 1 amide bonds. The highest BCUT2D eigenvalue weighted by Gasteiger charge is 2.25. The maximum Gasteiger partial charge on any atom is 0.272 e. The molecule has 1 aliphatic rings. The Morgan fingerprint density at radius 1 is 0.931 bits per heavy atom. The Kier molecular flexibility index (Phi) is 5.51. The van der Waals surface area contributed by atoms with Crippen molar-refractivity contribution in [3.63, 3.8) is 0 Å². The standard InChI is InChI=1S/C23H25N3O3/c1-28-18-11-12-19(22(15-18)29-2)20-16-21(23(27)25-13-7-4-8-14-25)26(24-20)17-9-5-3-6-10-17/h3,5-6,9-12,15-16H,4,7-8,13-14H2,1-2H3. The molecule has 0 radical (unpaired) electrons. The van der Waals surface area contributed by atoms with E-state index in [0.29, 0.717) is 22.9 Å². The lowest BCUT2D eigenvalue weighted by Crippen LogP contribution is -2.36. The van der Waals surface area contributed by atoms with Crippen molar-refractivity contribution in [3.05, 3.63) is 60.3 Å². The van der Waals surface area contributed by atoms with Crippen LogP contribution in [0.4, 0.5) is 0 Å². The molecule has 1 aromatic heterocycles. The Bertz CT molecular complexity index is 992. The molecule has 0 atom stereocenters. The third-order valence-corrected chi connectivity index (χ3v) is 5.26. The summed E-state index contributed by atoms with van der Waals surface area (Å²) < 4.78 is 12.6. The van der Waals surface area contributed by atoms with Crippen LogP contribution in [0.2, 0.25) is 0 Å². The summed E-state index contributed by atoms with van der Waals surface area (Å²) in [6, 6.07) is 17.2. The average Bonchev–Trinajstić information content (AvgIpc) is 3.24. The molecule has 6 heteroatoms. The monoisotopic (exact) mass is 391 g/mol. The first-order valence-corrected chi connectivity index (χ1v) is 9.88. The van der Waals surface area contributed by atoms with Crippen molar-refractivity contribution >= 4 is 5.91 Å². The van der Waals surface area contributed by atoms with E-state index in [1.807, 2.05) is 59.5 Å². The molecule has 3 aromatic rings. The number of piperidine rings is 1. The number of amides is 1. The molecule has 0 N–H and O–H groups in total. The number of ether oxygens (including phenoxy) is 2. The highest BCUT2D eigenvalue weighted by Crippen LogP contribution is 2.33. The van der Waals surface area contributed by atoms with Crippen molar-refractivity contribution < 1.29 is 14.3 Å². The first kappa shape index (κ1) is 19.1. The van der Waals surface area contributed by atoms with Crippen molar-refractivity contribution in [2.45, 2.75) is 19.3 Å². The molecule has 4 rings (SSSR count). The molecule has 0 saturated carbocycles. The number of carbonyl (C=O) groups is 1. The first-order valence-electron chi connectivity index (χ1n) is 9.88. The van der Waals surface area contributed by atoms with Crippen LogP contribution < -0.4 is 9.47 Å². The van der Waals surface area contributed by atoms with Crippen molar-refractivity contribution in [2.75, 3.05) is 27.3 Å². The van der Waals surface area contributed by atoms with E-state index in [9.17, 15) is 4.79 Å². The molecule has 1 saturated heterocycles. The second-order valence-corrected chi connectivity index (χ2v) is 7.08. The number of aromatic nitrogens is 2. The summed E-state index contributed by atoms with van der Waals surface area (Å²) in [7, 11) is 3.24. The van der Waals surface area contributed by atoms with E-state index >= 15 is 0 Å². The lowest BCUT2D eigenvalue weighted by molar-refractivity contribution is 0.0715. The minimum atomic E-state index is 0.0137. The van der Waals surface area contributed by atoms with Gasteiger partial charge in [0, 0.05) is 24.7 Å². The third kappa shape index (κ3) is 3.83. The Hall–Kier alpha value is -3.28. The molecule has 29 heavy (non-hydrogen) atoms. The number of para-hydroxylation sites is 1. The van der Waals surface area contributed by atoms with Gasteiger partial charge in [-0.05, 0) is 49.6 Å². The lowest BCUT2D eigenvalue weighted by Gasteiger charge is -2.26. The fourth-order valence-electron chi connectivity index (χ4n) is 3.70. The zero-order valence-corrected chi connectivity index (χ0v) is 16.8. The zero-order chi connectivity index (χ0) is 20.2. The minimum Gasteiger partial charge on any atom is -0.497 e. The van der Waals surface area contributed by atoms with Crippen molar-refractivity contribution in [3.8, 4) is 28.4 Å². The number of rotatable bonds is 5. The van der Waals surface area contributed by atoms with Gasteiger partial charge in [-0.1, -0.05) is 18.2 Å². The number of hydrogen-bond donors (Lipinski definition) is 0. The Morgan fingerprint density at radius 2 is 1.69 bits per heavy atom. The second kappa shape index (κ2) is 8.39. The fourth-order valence-corrected chi connectivity index (χ4v) is 3.70. The average molecular weight is 391 g/mol. The summed E-state index contributed by atoms with van der Waals surface area (Å²) in [5, 5.41) is 4.78. The van der Waals surface area contributed by atoms with Gasteiger partial charge in [0.1, 0.15) is 17.2 Å². The van der Waals surface area contributed by atoms with Crippen LogP contribution in [0.1, 0.15) is 29.8 Å². The van der Waals surface area contributed by atoms with E-state index in [0.717, 1.165) is 37.2 Å². The van der Waals surface area contributed by atoms with Crippen LogP contribution in [0.5, 0.6) is 11.5 Å². The van der Waals surface area contributed by atoms with E-state index in [1.165, 1.54) is 6.42 Å². The second-order valence-electron chi connectivity index (χ2n) is 7.08. The van der Waals surface area contributed by atoms with Crippen LogP contribution in [0.25, 0.3) is 16.9 Å². The topological polar surface area (TPSA) is 56.6 Å². The normalized spacial score (nSPS) is 13.9. The molecular weight excluding hydrogens is 366 g/mol. The zero-order valence-electron chi connectivity index (χ0n) is 16.8.